The number of nitrogens with zero attached hydrogens (tertiary/aromatic N) is 2. The van der Waals surface area contributed by atoms with Gasteiger partial charge in [0.25, 0.3) is 17.4 Å². The van der Waals surface area contributed by atoms with Gasteiger partial charge in [0.15, 0.2) is 12.4 Å². The van der Waals surface area contributed by atoms with E-state index in [4.69, 9.17) is 10.00 Å². The van der Waals surface area contributed by atoms with E-state index >= 15 is 0 Å². The number of aromatic amines is 1. The van der Waals surface area contributed by atoms with Crippen LogP contribution in [0, 0.1) is 11.3 Å². The van der Waals surface area contributed by atoms with E-state index in [2.05, 4.69) is 20.6 Å². The first-order chi connectivity index (χ1) is 13.5. The first-order valence-electron chi connectivity index (χ1n) is 8.31. The normalized spacial score (nSPS) is 12.5. The Morgan fingerprint density at radius 1 is 1.25 bits per heavy atom. The summed E-state index contributed by atoms with van der Waals surface area (Å²) in [5, 5.41) is 14.5. The minimum Gasteiger partial charge on any atom is -0.482 e. The lowest BCUT2D eigenvalue weighted by atomic mass is 10.1. The lowest BCUT2D eigenvalue weighted by Gasteiger charge is -2.18. The van der Waals surface area contributed by atoms with E-state index in [1.807, 2.05) is 6.07 Å². The van der Waals surface area contributed by atoms with Gasteiger partial charge in [0.1, 0.15) is 5.75 Å². The number of amides is 2. The fourth-order valence-electron chi connectivity index (χ4n) is 2.81. The highest BCUT2D eigenvalue weighted by Gasteiger charge is 2.17. The number of anilines is 1. The van der Waals surface area contributed by atoms with Crippen molar-refractivity contribution in [3.05, 3.63) is 63.7 Å². The number of fused-ring (bicyclic) bond motifs is 2. The van der Waals surface area contributed by atoms with Gasteiger partial charge in [0.05, 0.1) is 28.2 Å². The van der Waals surface area contributed by atoms with Crippen molar-refractivity contribution in [1.29, 1.82) is 5.26 Å². The number of benzene rings is 2. The number of H-pyrrole nitrogens is 1. The fourth-order valence-corrected chi connectivity index (χ4v) is 2.81. The summed E-state index contributed by atoms with van der Waals surface area (Å²) in [4.78, 5) is 42.5. The van der Waals surface area contributed by atoms with E-state index in [1.54, 1.807) is 18.2 Å². The summed E-state index contributed by atoms with van der Waals surface area (Å²) in [5.74, 6) is -0.363. The first-order valence-corrected chi connectivity index (χ1v) is 8.31. The molecule has 0 bridgehead atoms. The van der Waals surface area contributed by atoms with E-state index in [0.29, 0.717) is 22.5 Å². The van der Waals surface area contributed by atoms with Crippen LogP contribution in [0.15, 0.2) is 41.2 Å². The van der Waals surface area contributed by atoms with Crippen molar-refractivity contribution in [1.82, 2.24) is 15.3 Å². The number of rotatable bonds is 3. The zero-order valence-electron chi connectivity index (χ0n) is 14.4. The smallest absolute Gasteiger partial charge is 0.287 e. The van der Waals surface area contributed by atoms with Crippen LogP contribution in [-0.2, 0) is 11.3 Å². The van der Waals surface area contributed by atoms with Gasteiger partial charge in [0, 0.05) is 6.54 Å². The summed E-state index contributed by atoms with van der Waals surface area (Å²) in [5.41, 5.74) is 1.49. The van der Waals surface area contributed by atoms with Crippen molar-refractivity contribution in [2.45, 2.75) is 6.54 Å². The summed E-state index contributed by atoms with van der Waals surface area (Å²) in [6.45, 7) is 0.122. The predicted molar refractivity (Wildman–Crippen MR) is 98.8 cm³/mol. The van der Waals surface area contributed by atoms with Crippen molar-refractivity contribution < 1.29 is 14.3 Å². The Morgan fingerprint density at radius 3 is 2.93 bits per heavy atom. The van der Waals surface area contributed by atoms with Gasteiger partial charge < -0.3 is 20.4 Å². The number of nitrogens with one attached hydrogen (secondary N) is 3. The molecule has 2 amide bonds. The summed E-state index contributed by atoms with van der Waals surface area (Å²) >= 11 is 0. The van der Waals surface area contributed by atoms with E-state index in [0.717, 1.165) is 5.56 Å². The van der Waals surface area contributed by atoms with Crippen LogP contribution >= 0.6 is 0 Å². The standard InChI is InChI=1S/C19H13N5O4/c20-7-10-1-3-13-12(5-10)18(26)24-17(23-13)19(27)21-8-11-2-4-14-15(6-11)28-9-16(25)22-14/h1-6H,8-9H2,(H,21,27)(H,22,25)(H,23,24,26). The molecular formula is C19H13N5O4. The quantitative estimate of drug-likeness (QED) is 0.626. The van der Waals surface area contributed by atoms with Crippen LogP contribution in [0.25, 0.3) is 10.9 Å². The van der Waals surface area contributed by atoms with Crippen molar-refractivity contribution >= 4 is 28.4 Å². The Labute approximate surface area is 158 Å². The lowest BCUT2D eigenvalue weighted by Crippen LogP contribution is -2.28. The van der Waals surface area contributed by atoms with Crippen LogP contribution in [0.2, 0.25) is 0 Å². The molecule has 138 valence electrons. The molecular weight excluding hydrogens is 362 g/mol. The van der Waals surface area contributed by atoms with Gasteiger partial charge in [-0.3, -0.25) is 14.4 Å². The van der Waals surface area contributed by atoms with Crippen LogP contribution in [-0.4, -0.2) is 28.4 Å². The average molecular weight is 375 g/mol. The maximum absolute atomic E-state index is 12.4. The maximum Gasteiger partial charge on any atom is 0.287 e. The molecule has 1 aromatic heterocycles. The van der Waals surface area contributed by atoms with Crippen LogP contribution in [0.4, 0.5) is 5.69 Å². The number of hydrogen-bond acceptors (Lipinski definition) is 6. The van der Waals surface area contributed by atoms with Crippen LogP contribution in [0.5, 0.6) is 5.75 Å². The Balaban J connectivity index is 1.52. The molecule has 28 heavy (non-hydrogen) atoms. The van der Waals surface area contributed by atoms with Gasteiger partial charge >= 0.3 is 0 Å². The van der Waals surface area contributed by atoms with Crippen LogP contribution in [0.3, 0.4) is 0 Å². The first kappa shape index (κ1) is 17.2. The molecule has 2 heterocycles. The Kier molecular flexibility index (Phi) is 4.21. The number of aromatic nitrogens is 2. The molecule has 0 aliphatic carbocycles. The molecule has 1 aliphatic heterocycles. The molecule has 3 N–H and O–H groups in total. The Bertz CT molecular complexity index is 1230. The van der Waals surface area contributed by atoms with E-state index in [1.165, 1.54) is 18.2 Å². The second kappa shape index (κ2) is 6.85. The number of carbonyl (C=O) groups excluding carboxylic acids is 2. The fraction of sp³-hybridized carbons (Fsp3) is 0.105. The molecule has 0 unspecified atom stereocenters. The largest absolute Gasteiger partial charge is 0.482 e. The van der Waals surface area contributed by atoms with Gasteiger partial charge in [-0.25, -0.2) is 4.98 Å². The summed E-state index contributed by atoms with van der Waals surface area (Å²) < 4.78 is 5.34. The van der Waals surface area contributed by atoms with Gasteiger partial charge in [0.2, 0.25) is 0 Å². The monoisotopic (exact) mass is 375 g/mol. The summed E-state index contributed by atoms with van der Waals surface area (Å²) in [6, 6.07) is 11.6. The lowest BCUT2D eigenvalue weighted by molar-refractivity contribution is -0.118. The average Bonchev–Trinajstić information content (AvgIpc) is 2.71. The molecule has 0 fully saturated rings. The van der Waals surface area contributed by atoms with Crippen molar-refractivity contribution in [2.24, 2.45) is 0 Å². The molecule has 0 saturated carbocycles. The highest BCUT2D eigenvalue weighted by Crippen LogP contribution is 2.28. The molecule has 3 aromatic rings. The third-order valence-electron chi connectivity index (χ3n) is 4.18. The van der Waals surface area contributed by atoms with Crippen LogP contribution in [0.1, 0.15) is 21.7 Å². The summed E-state index contributed by atoms with van der Waals surface area (Å²) in [7, 11) is 0. The summed E-state index contributed by atoms with van der Waals surface area (Å²) in [6.07, 6.45) is 0. The minimum absolute atomic E-state index is 0.0570. The van der Waals surface area contributed by atoms with Gasteiger partial charge in [-0.05, 0) is 35.9 Å². The third kappa shape index (κ3) is 3.26. The second-order valence-electron chi connectivity index (χ2n) is 6.11. The Hall–Kier alpha value is -4.19. The highest BCUT2D eigenvalue weighted by molar-refractivity contribution is 5.95. The third-order valence-corrected chi connectivity index (χ3v) is 4.18. The number of ether oxygens (including phenoxy) is 1. The maximum atomic E-state index is 12.4. The predicted octanol–water partition coefficient (Wildman–Crippen LogP) is 1.06. The molecule has 0 saturated heterocycles. The van der Waals surface area contributed by atoms with Gasteiger partial charge in [-0.15, -0.1) is 0 Å². The molecule has 9 heteroatoms. The molecule has 0 atom stereocenters. The topological polar surface area (TPSA) is 137 Å². The van der Waals surface area contributed by atoms with Gasteiger partial charge in [-0.1, -0.05) is 6.07 Å². The number of nitriles is 1. The van der Waals surface area contributed by atoms with Gasteiger partial charge in [-0.2, -0.15) is 5.26 Å². The molecule has 2 aromatic carbocycles. The van der Waals surface area contributed by atoms with E-state index in [9.17, 15) is 14.4 Å². The molecule has 0 radical (unpaired) electrons. The second-order valence-corrected chi connectivity index (χ2v) is 6.11. The van der Waals surface area contributed by atoms with Crippen molar-refractivity contribution in [3.63, 3.8) is 0 Å². The minimum atomic E-state index is -0.546. The van der Waals surface area contributed by atoms with Crippen LogP contribution < -0.4 is 20.9 Å². The number of carbonyl (C=O) groups is 2. The molecule has 1 aliphatic rings. The molecule has 4 rings (SSSR count). The Morgan fingerprint density at radius 2 is 2.11 bits per heavy atom. The SMILES string of the molecule is N#Cc1ccc2nc(C(=O)NCc3ccc4c(c3)OCC(=O)N4)[nH]c(=O)c2c1. The van der Waals surface area contributed by atoms with E-state index < -0.39 is 11.5 Å². The van der Waals surface area contributed by atoms with Crippen molar-refractivity contribution in [2.75, 3.05) is 11.9 Å². The number of hydrogen-bond donors (Lipinski definition) is 3. The highest BCUT2D eigenvalue weighted by atomic mass is 16.5. The zero-order chi connectivity index (χ0) is 19.7. The van der Waals surface area contributed by atoms with Crippen molar-refractivity contribution in [3.8, 4) is 11.8 Å². The van der Waals surface area contributed by atoms with E-state index in [-0.39, 0.29) is 30.3 Å². The molecule has 0 spiro atoms. The zero-order valence-corrected chi connectivity index (χ0v) is 14.4. The molecule has 9 nitrogen and oxygen atoms in total.